The molecule has 1 fully saturated rings. The van der Waals surface area contributed by atoms with Gasteiger partial charge in [-0.2, -0.15) is 5.10 Å². The Balaban J connectivity index is 1.71. The molecule has 0 aliphatic carbocycles. The summed E-state index contributed by atoms with van der Waals surface area (Å²) in [5.74, 6) is -1.60. The first-order valence-electron chi connectivity index (χ1n) is 8.48. The highest BCUT2D eigenvalue weighted by atomic mass is 16.4. The van der Waals surface area contributed by atoms with E-state index in [-0.39, 0.29) is 12.5 Å². The summed E-state index contributed by atoms with van der Waals surface area (Å²) < 4.78 is 1.73. The van der Waals surface area contributed by atoms with Gasteiger partial charge in [0.05, 0.1) is 17.3 Å². The summed E-state index contributed by atoms with van der Waals surface area (Å²) in [6.07, 6.45) is 0.477. The van der Waals surface area contributed by atoms with Crippen LogP contribution in [0.5, 0.6) is 0 Å². The van der Waals surface area contributed by atoms with Gasteiger partial charge in [-0.05, 0) is 37.6 Å². The van der Waals surface area contributed by atoms with Gasteiger partial charge >= 0.3 is 5.97 Å². The lowest BCUT2D eigenvalue weighted by molar-refractivity contribution is -0.141. The molecule has 132 valence electrons. The fraction of sp³-hybridized carbons (Fsp3) is 0.263. The van der Waals surface area contributed by atoms with E-state index in [1.165, 1.54) is 0 Å². The Labute approximate surface area is 149 Å². The molecule has 0 saturated carbocycles. The lowest BCUT2D eigenvalue weighted by Gasteiger charge is -2.15. The normalized spacial score (nSPS) is 17.0. The molecule has 1 N–H and O–H groups in total. The maximum atomic E-state index is 12.8. The van der Waals surface area contributed by atoms with E-state index in [1.54, 1.807) is 15.6 Å². The summed E-state index contributed by atoms with van der Waals surface area (Å²) in [7, 11) is 0. The van der Waals surface area contributed by atoms with Gasteiger partial charge in [-0.3, -0.25) is 9.59 Å². The Morgan fingerprint density at radius 2 is 1.92 bits per heavy atom. The molecular weight excluding hydrogens is 332 g/mol. The number of hydrogen-bond acceptors (Lipinski definition) is 4. The van der Waals surface area contributed by atoms with Crippen LogP contribution in [0.1, 0.15) is 22.6 Å². The van der Waals surface area contributed by atoms with Crippen molar-refractivity contribution >= 4 is 22.9 Å². The van der Waals surface area contributed by atoms with Crippen LogP contribution in [-0.2, 0) is 4.79 Å². The Kier molecular flexibility index (Phi) is 3.91. The van der Waals surface area contributed by atoms with Gasteiger partial charge in [-0.1, -0.05) is 18.2 Å². The fourth-order valence-electron chi connectivity index (χ4n) is 3.32. The van der Waals surface area contributed by atoms with Crippen molar-refractivity contribution in [2.45, 2.75) is 13.3 Å². The van der Waals surface area contributed by atoms with E-state index < -0.39 is 11.9 Å². The first kappa shape index (κ1) is 16.3. The third-order valence-electron chi connectivity index (χ3n) is 4.76. The predicted octanol–water partition coefficient (Wildman–Crippen LogP) is 2.28. The summed E-state index contributed by atoms with van der Waals surface area (Å²) in [6.45, 7) is 2.57. The third-order valence-corrected chi connectivity index (χ3v) is 4.76. The Bertz CT molecular complexity index is 997. The van der Waals surface area contributed by atoms with E-state index in [0.717, 1.165) is 16.8 Å². The number of carboxylic acid groups (broad SMARTS) is 1. The van der Waals surface area contributed by atoms with Crippen LogP contribution in [0.15, 0.2) is 42.5 Å². The van der Waals surface area contributed by atoms with Crippen LogP contribution in [0.2, 0.25) is 0 Å². The highest BCUT2D eigenvalue weighted by Crippen LogP contribution is 2.23. The molecule has 7 nitrogen and oxygen atoms in total. The van der Waals surface area contributed by atoms with Crippen molar-refractivity contribution in [3.8, 4) is 5.69 Å². The second-order valence-electron chi connectivity index (χ2n) is 6.48. The number of carboxylic acids is 1. The van der Waals surface area contributed by atoms with Crippen molar-refractivity contribution in [3.05, 3.63) is 53.9 Å². The standard InChI is InChI=1S/C19H18N4O3/c1-12-15-7-8-16(18(24)22-10-9-13(11-22)19(25)26)20-17(15)23(21-12)14-5-3-2-4-6-14/h2-8,13H,9-11H2,1H3,(H,25,26). The number of carbonyl (C=O) groups is 2. The molecule has 1 unspecified atom stereocenters. The second-order valence-corrected chi connectivity index (χ2v) is 6.48. The molecule has 2 aromatic heterocycles. The molecule has 0 radical (unpaired) electrons. The number of carbonyl (C=O) groups excluding carboxylic acids is 1. The number of aryl methyl sites for hydroxylation is 1. The largest absolute Gasteiger partial charge is 0.481 e. The molecule has 1 amide bonds. The van der Waals surface area contributed by atoms with Crippen LogP contribution < -0.4 is 0 Å². The summed E-state index contributed by atoms with van der Waals surface area (Å²) in [6, 6.07) is 13.2. The average molecular weight is 350 g/mol. The topological polar surface area (TPSA) is 88.3 Å². The van der Waals surface area contributed by atoms with Crippen LogP contribution in [0, 0.1) is 12.8 Å². The number of aromatic nitrogens is 3. The van der Waals surface area contributed by atoms with Crippen LogP contribution >= 0.6 is 0 Å². The van der Waals surface area contributed by atoms with Gasteiger partial charge < -0.3 is 10.0 Å². The first-order valence-corrected chi connectivity index (χ1v) is 8.48. The second kappa shape index (κ2) is 6.25. The summed E-state index contributed by atoms with van der Waals surface area (Å²) in [5, 5.41) is 14.6. The van der Waals surface area contributed by atoms with Gasteiger partial charge in [0.15, 0.2) is 5.65 Å². The maximum Gasteiger partial charge on any atom is 0.308 e. The van der Waals surface area contributed by atoms with Crippen LogP contribution in [0.3, 0.4) is 0 Å². The van der Waals surface area contributed by atoms with E-state index in [4.69, 9.17) is 5.11 Å². The van der Waals surface area contributed by atoms with Gasteiger partial charge in [0.25, 0.3) is 5.91 Å². The molecule has 0 spiro atoms. The zero-order valence-corrected chi connectivity index (χ0v) is 14.3. The van der Waals surface area contributed by atoms with Crippen molar-refractivity contribution < 1.29 is 14.7 Å². The van der Waals surface area contributed by atoms with Crippen molar-refractivity contribution in [3.63, 3.8) is 0 Å². The molecule has 1 saturated heterocycles. The van der Waals surface area contributed by atoms with Gasteiger partial charge in [-0.15, -0.1) is 0 Å². The molecule has 3 heterocycles. The number of para-hydroxylation sites is 1. The van der Waals surface area contributed by atoms with Crippen molar-refractivity contribution in [2.24, 2.45) is 5.92 Å². The van der Waals surface area contributed by atoms with Gasteiger partial charge in [0.2, 0.25) is 0 Å². The molecule has 1 aliphatic rings. The SMILES string of the molecule is Cc1nn(-c2ccccc2)c2nc(C(=O)N3CCC(C(=O)O)C3)ccc12. The van der Waals surface area contributed by atoms with Crippen LogP contribution in [0.25, 0.3) is 16.7 Å². The zero-order valence-electron chi connectivity index (χ0n) is 14.3. The quantitative estimate of drug-likeness (QED) is 0.783. The van der Waals surface area contributed by atoms with Gasteiger partial charge in [0.1, 0.15) is 5.69 Å². The molecule has 3 aromatic rings. The number of hydrogen-bond donors (Lipinski definition) is 1. The van der Waals surface area contributed by atoms with Gasteiger partial charge in [0, 0.05) is 18.5 Å². The molecular formula is C19H18N4O3. The number of likely N-dealkylation sites (tertiary alicyclic amines) is 1. The molecule has 26 heavy (non-hydrogen) atoms. The van der Waals surface area contributed by atoms with E-state index in [1.807, 2.05) is 43.3 Å². The number of fused-ring (bicyclic) bond motifs is 1. The highest BCUT2D eigenvalue weighted by molar-refractivity contribution is 5.95. The Morgan fingerprint density at radius 1 is 1.15 bits per heavy atom. The maximum absolute atomic E-state index is 12.8. The Morgan fingerprint density at radius 3 is 2.62 bits per heavy atom. The van der Waals surface area contributed by atoms with E-state index in [9.17, 15) is 9.59 Å². The third kappa shape index (κ3) is 2.71. The van der Waals surface area contributed by atoms with Crippen LogP contribution in [0.4, 0.5) is 0 Å². The Hall–Kier alpha value is -3.22. The zero-order chi connectivity index (χ0) is 18.3. The lowest BCUT2D eigenvalue weighted by atomic mass is 10.1. The number of pyridine rings is 1. The summed E-state index contributed by atoms with van der Waals surface area (Å²) >= 11 is 0. The van der Waals surface area contributed by atoms with Gasteiger partial charge in [-0.25, -0.2) is 9.67 Å². The predicted molar refractivity (Wildman–Crippen MR) is 95.2 cm³/mol. The molecule has 1 aliphatic heterocycles. The number of nitrogens with zero attached hydrogens (tertiary/aromatic N) is 4. The molecule has 0 bridgehead atoms. The molecule has 4 rings (SSSR count). The van der Waals surface area contributed by atoms with E-state index in [0.29, 0.717) is 24.3 Å². The minimum Gasteiger partial charge on any atom is -0.481 e. The number of benzene rings is 1. The van der Waals surface area contributed by atoms with Crippen molar-refractivity contribution in [2.75, 3.05) is 13.1 Å². The summed E-state index contributed by atoms with van der Waals surface area (Å²) in [5.41, 5.74) is 2.63. The number of aliphatic carboxylic acids is 1. The smallest absolute Gasteiger partial charge is 0.308 e. The monoisotopic (exact) mass is 350 g/mol. The highest BCUT2D eigenvalue weighted by Gasteiger charge is 2.32. The number of amides is 1. The number of rotatable bonds is 3. The first-order chi connectivity index (χ1) is 12.5. The van der Waals surface area contributed by atoms with Crippen molar-refractivity contribution in [1.29, 1.82) is 0 Å². The lowest BCUT2D eigenvalue weighted by Crippen LogP contribution is -2.30. The van der Waals surface area contributed by atoms with E-state index >= 15 is 0 Å². The molecule has 1 atom stereocenters. The van der Waals surface area contributed by atoms with Crippen LogP contribution in [-0.4, -0.2) is 49.7 Å². The molecule has 1 aromatic carbocycles. The fourth-order valence-corrected chi connectivity index (χ4v) is 3.32. The van der Waals surface area contributed by atoms with E-state index in [2.05, 4.69) is 10.1 Å². The summed E-state index contributed by atoms with van der Waals surface area (Å²) in [4.78, 5) is 30.0. The minimum atomic E-state index is -0.860. The minimum absolute atomic E-state index is 0.227. The molecule has 7 heteroatoms. The average Bonchev–Trinajstić information content (AvgIpc) is 3.27. The van der Waals surface area contributed by atoms with Crippen molar-refractivity contribution in [1.82, 2.24) is 19.7 Å².